The summed E-state index contributed by atoms with van der Waals surface area (Å²) in [6.07, 6.45) is 7.92. The quantitative estimate of drug-likeness (QED) is 0.360. The number of carbonyl (C=O) groups excluding carboxylic acids is 2. The van der Waals surface area contributed by atoms with Crippen molar-refractivity contribution in [3.63, 3.8) is 0 Å². The first-order chi connectivity index (χ1) is 23.1. The van der Waals surface area contributed by atoms with Gasteiger partial charge in [-0.05, 0) is 81.4 Å². The molecule has 3 fully saturated rings. The van der Waals surface area contributed by atoms with Gasteiger partial charge in [0.2, 0.25) is 0 Å². The first kappa shape index (κ1) is 33.4. The summed E-state index contributed by atoms with van der Waals surface area (Å²) in [4.78, 5) is 40.5. The van der Waals surface area contributed by atoms with Crippen molar-refractivity contribution in [2.75, 3.05) is 58.8 Å². The van der Waals surface area contributed by atoms with Crippen LogP contribution in [0.15, 0.2) is 48.8 Å². The summed E-state index contributed by atoms with van der Waals surface area (Å²) in [6, 6.07) is 12.5. The molecule has 2 aliphatic heterocycles. The Kier molecular flexibility index (Phi) is 9.69. The van der Waals surface area contributed by atoms with Crippen molar-refractivity contribution in [3.8, 4) is 6.07 Å². The molecule has 12 heteroatoms. The molecule has 4 heterocycles. The van der Waals surface area contributed by atoms with Gasteiger partial charge in [-0.1, -0.05) is 18.6 Å². The lowest BCUT2D eigenvalue weighted by molar-refractivity contribution is 0.0457. The van der Waals surface area contributed by atoms with E-state index < -0.39 is 11.6 Å². The third-order valence-electron chi connectivity index (χ3n) is 10.7. The number of amides is 2. The molecule has 3 aromatic rings. The average molecular weight is 657 g/mol. The van der Waals surface area contributed by atoms with Gasteiger partial charge in [-0.3, -0.25) is 4.79 Å². The number of aryl methyl sites for hydroxylation is 1. The lowest BCUT2D eigenvalue weighted by Gasteiger charge is -2.52. The Morgan fingerprint density at radius 3 is 2.56 bits per heavy atom. The standard InChI is InChI=1S/C36H45FN8O3/c1-24-39-15-18-45(24)36(28-7-5-8-29(37)19-28,30-9-6-10-31(30)40-35(47)48-4)27-13-16-43(17-14-27)21-25-22-44(23-25)32-12-11-26(20-38)33(41-32)34(46)42(2)3/h5,7-8,11-12,15,18-19,25,27,30-31H,6,9-10,13-14,16-17,21-23H2,1-4H3,(H,40,47)/t30-,31-,36?/m0/s1. The largest absolute Gasteiger partial charge is 0.453 e. The van der Waals surface area contributed by atoms with Gasteiger partial charge in [0.1, 0.15) is 29.2 Å². The number of ether oxygens (including phenoxy) is 1. The number of rotatable bonds is 9. The number of hydrogen-bond acceptors (Lipinski definition) is 8. The van der Waals surface area contributed by atoms with Crippen molar-refractivity contribution in [3.05, 3.63) is 77.3 Å². The molecule has 2 amide bonds. The number of pyridine rings is 1. The van der Waals surface area contributed by atoms with E-state index in [1.807, 2.05) is 31.5 Å². The number of hydrogen-bond donors (Lipinski definition) is 1. The van der Waals surface area contributed by atoms with Crippen LogP contribution < -0.4 is 10.2 Å². The summed E-state index contributed by atoms with van der Waals surface area (Å²) >= 11 is 0. The lowest BCUT2D eigenvalue weighted by Crippen LogP contribution is -2.58. The van der Waals surface area contributed by atoms with Gasteiger partial charge in [-0.15, -0.1) is 0 Å². The Morgan fingerprint density at radius 1 is 1.15 bits per heavy atom. The van der Waals surface area contributed by atoms with E-state index in [0.717, 1.165) is 82.0 Å². The number of aromatic nitrogens is 3. The minimum atomic E-state index is -0.604. The number of benzene rings is 1. The van der Waals surface area contributed by atoms with E-state index in [2.05, 4.69) is 35.7 Å². The maximum absolute atomic E-state index is 15.0. The van der Waals surface area contributed by atoms with Gasteiger partial charge in [0.15, 0.2) is 0 Å². The van der Waals surface area contributed by atoms with Gasteiger partial charge >= 0.3 is 6.09 Å². The van der Waals surface area contributed by atoms with Crippen LogP contribution >= 0.6 is 0 Å². The van der Waals surface area contributed by atoms with Gasteiger partial charge in [-0.2, -0.15) is 5.26 Å². The van der Waals surface area contributed by atoms with Gasteiger partial charge < -0.3 is 29.3 Å². The van der Waals surface area contributed by atoms with E-state index >= 15 is 4.39 Å². The molecule has 1 N–H and O–H groups in total. The van der Waals surface area contributed by atoms with Crippen molar-refractivity contribution in [1.29, 1.82) is 5.26 Å². The summed E-state index contributed by atoms with van der Waals surface area (Å²) < 4.78 is 22.3. The monoisotopic (exact) mass is 656 g/mol. The molecule has 3 aliphatic rings. The van der Waals surface area contributed by atoms with Crippen LogP contribution in [0.3, 0.4) is 0 Å². The highest BCUT2D eigenvalue weighted by molar-refractivity contribution is 5.94. The molecule has 0 spiro atoms. The fourth-order valence-corrected chi connectivity index (χ4v) is 8.53. The summed E-state index contributed by atoms with van der Waals surface area (Å²) in [5.74, 6) is 1.70. The number of nitrogens with one attached hydrogen (secondary N) is 1. The fourth-order valence-electron chi connectivity index (χ4n) is 8.53. The van der Waals surface area contributed by atoms with E-state index in [1.165, 1.54) is 18.1 Å². The van der Waals surface area contributed by atoms with E-state index in [0.29, 0.717) is 5.92 Å². The molecule has 2 saturated heterocycles. The highest BCUT2D eigenvalue weighted by Crippen LogP contribution is 2.52. The van der Waals surface area contributed by atoms with Crippen molar-refractivity contribution in [1.82, 2.24) is 29.7 Å². The number of nitrogens with zero attached hydrogens (tertiary/aromatic N) is 7. The number of imidazole rings is 1. The number of nitriles is 1. The van der Waals surface area contributed by atoms with Crippen LogP contribution in [0.5, 0.6) is 0 Å². The second kappa shape index (κ2) is 13.9. The zero-order valence-corrected chi connectivity index (χ0v) is 28.2. The predicted octanol–water partition coefficient (Wildman–Crippen LogP) is 4.42. The van der Waals surface area contributed by atoms with Crippen LogP contribution in [0.2, 0.25) is 0 Å². The second-order valence-corrected chi connectivity index (χ2v) is 13.7. The maximum Gasteiger partial charge on any atom is 0.407 e. The number of halogens is 1. The van der Waals surface area contributed by atoms with E-state index in [9.17, 15) is 14.9 Å². The molecule has 1 unspecified atom stereocenters. The number of anilines is 1. The molecule has 2 aromatic heterocycles. The molecule has 48 heavy (non-hydrogen) atoms. The third-order valence-corrected chi connectivity index (χ3v) is 10.7. The topological polar surface area (TPSA) is 120 Å². The molecule has 1 saturated carbocycles. The first-order valence-electron chi connectivity index (χ1n) is 16.9. The molecule has 1 aromatic carbocycles. The highest BCUT2D eigenvalue weighted by Gasteiger charge is 2.54. The van der Waals surface area contributed by atoms with Crippen LogP contribution in [0.4, 0.5) is 15.0 Å². The van der Waals surface area contributed by atoms with E-state index in [1.54, 1.807) is 32.3 Å². The molecule has 11 nitrogen and oxygen atoms in total. The van der Waals surface area contributed by atoms with Crippen LogP contribution in [-0.4, -0.2) is 96.3 Å². The van der Waals surface area contributed by atoms with Gasteiger partial charge in [0.05, 0.1) is 18.2 Å². The van der Waals surface area contributed by atoms with Gasteiger partial charge in [-0.25, -0.2) is 19.2 Å². The summed E-state index contributed by atoms with van der Waals surface area (Å²) in [5, 5.41) is 12.6. The number of alkyl carbamates (subject to hydrolysis) is 1. The van der Waals surface area contributed by atoms with Crippen LogP contribution in [0.25, 0.3) is 0 Å². The summed E-state index contributed by atoms with van der Waals surface area (Å²) in [7, 11) is 4.70. The number of carbonyl (C=O) groups is 2. The number of likely N-dealkylation sites (tertiary alicyclic amines) is 1. The Labute approximate surface area is 281 Å². The van der Waals surface area contributed by atoms with Crippen LogP contribution in [-0.2, 0) is 10.3 Å². The maximum atomic E-state index is 15.0. The summed E-state index contributed by atoms with van der Waals surface area (Å²) in [5.41, 5.74) is 0.782. The first-order valence-corrected chi connectivity index (χ1v) is 16.9. The Balaban J connectivity index is 1.20. The molecule has 6 rings (SSSR count). The smallest absolute Gasteiger partial charge is 0.407 e. The minimum Gasteiger partial charge on any atom is -0.453 e. The summed E-state index contributed by atoms with van der Waals surface area (Å²) in [6.45, 7) is 6.44. The minimum absolute atomic E-state index is 0.0206. The van der Waals surface area contributed by atoms with Crippen LogP contribution in [0, 0.1) is 41.8 Å². The van der Waals surface area contributed by atoms with Crippen LogP contribution in [0.1, 0.15) is 59.5 Å². The number of piperidine rings is 1. The normalized spacial score (nSPS) is 21.6. The van der Waals surface area contributed by atoms with Crippen molar-refractivity contribution in [2.24, 2.45) is 17.8 Å². The fraction of sp³-hybridized carbons (Fsp3) is 0.528. The molecule has 1 aliphatic carbocycles. The third kappa shape index (κ3) is 6.23. The average Bonchev–Trinajstić information content (AvgIpc) is 3.72. The van der Waals surface area contributed by atoms with Crippen molar-refractivity contribution >= 4 is 17.8 Å². The zero-order chi connectivity index (χ0) is 34.0. The molecule has 0 radical (unpaired) electrons. The Hall–Kier alpha value is -4.50. The molecule has 3 atom stereocenters. The van der Waals surface area contributed by atoms with Gasteiger partial charge in [0, 0.05) is 64.0 Å². The predicted molar refractivity (Wildman–Crippen MR) is 179 cm³/mol. The zero-order valence-electron chi connectivity index (χ0n) is 28.2. The van der Waals surface area contributed by atoms with E-state index in [4.69, 9.17) is 4.74 Å². The molecular weight excluding hydrogens is 611 g/mol. The highest BCUT2D eigenvalue weighted by atomic mass is 19.1. The van der Waals surface area contributed by atoms with Crippen molar-refractivity contribution in [2.45, 2.75) is 50.6 Å². The van der Waals surface area contributed by atoms with Crippen molar-refractivity contribution < 1.29 is 18.7 Å². The lowest BCUT2D eigenvalue weighted by atomic mass is 9.64. The van der Waals surface area contributed by atoms with E-state index in [-0.39, 0.29) is 40.9 Å². The Morgan fingerprint density at radius 2 is 1.92 bits per heavy atom. The number of methoxy groups -OCH3 is 1. The second-order valence-electron chi connectivity index (χ2n) is 13.7. The van der Waals surface area contributed by atoms with Gasteiger partial charge in [0.25, 0.3) is 5.91 Å². The molecule has 254 valence electrons. The SMILES string of the molecule is COC(=O)N[C@H]1CCC[C@@H]1C(c1cccc(F)c1)(C1CCN(CC2CN(c3ccc(C#N)c(C(=O)N(C)C)n3)C2)CC1)n1ccnc1C. The Bertz CT molecular complexity index is 1670. The molecular formula is C36H45FN8O3. The molecule has 0 bridgehead atoms.